The number of rotatable bonds is 4. The molecule has 4 nitrogen and oxygen atoms in total. The van der Waals surface area contributed by atoms with Crippen LogP contribution in [0.4, 0.5) is 0 Å². The second kappa shape index (κ2) is 10.5. The van der Waals surface area contributed by atoms with Gasteiger partial charge in [0.2, 0.25) is 5.91 Å². The van der Waals surface area contributed by atoms with Gasteiger partial charge in [0.05, 0.1) is 13.2 Å². The van der Waals surface area contributed by atoms with E-state index in [-0.39, 0.29) is 5.91 Å². The lowest BCUT2D eigenvalue weighted by Gasteiger charge is -2.26. The van der Waals surface area contributed by atoms with Crippen molar-refractivity contribution in [3.8, 4) is 0 Å². The summed E-state index contributed by atoms with van der Waals surface area (Å²) in [5.41, 5.74) is 0. The van der Waals surface area contributed by atoms with Crippen molar-refractivity contribution >= 4 is 5.91 Å². The van der Waals surface area contributed by atoms with Gasteiger partial charge in [-0.2, -0.15) is 0 Å². The van der Waals surface area contributed by atoms with Gasteiger partial charge < -0.3 is 10.1 Å². The molecular formula is C13H28N2O2. The van der Waals surface area contributed by atoms with Crippen LogP contribution in [0.1, 0.15) is 33.6 Å². The molecule has 0 aromatic heterocycles. The van der Waals surface area contributed by atoms with Crippen LogP contribution in [0, 0.1) is 5.92 Å². The molecule has 1 aliphatic heterocycles. The molecule has 0 unspecified atom stereocenters. The predicted molar refractivity (Wildman–Crippen MR) is 71.1 cm³/mol. The third kappa shape index (κ3) is 11.6. The van der Waals surface area contributed by atoms with E-state index in [9.17, 15) is 4.79 Å². The molecule has 1 aliphatic rings. The second-order valence-corrected chi connectivity index (χ2v) is 4.80. The molecule has 1 heterocycles. The minimum atomic E-state index is 0.00463. The van der Waals surface area contributed by atoms with Crippen LogP contribution >= 0.6 is 0 Å². The van der Waals surface area contributed by atoms with Crippen molar-refractivity contribution in [2.75, 3.05) is 39.9 Å². The van der Waals surface area contributed by atoms with Crippen LogP contribution in [0.2, 0.25) is 0 Å². The van der Waals surface area contributed by atoms with Crippen LogP contribution in [-0.2, 0) is 9.53 Å². The van der Waals surface area contributed by atoms with E-state index in [1.165, 1.54) is 26.3 Å². The lowest BCUT2D eigenvalue weighted by molar-refractivity contribution is -0.118. The molecule has 1 rings (SSSR count). The molecule has 0 saturated carbocycles. The van der Waals surface area contributed by atoms with Gasteiger partial charge in [-0.25, -0.2) is 0 Å². The normalized spacial score (nSPS) is 16.3. The van der Waals surface area contributed by atoms with Crippen LogP contribution < -0.4 is 5.32 Å². The van der Waals surface area contributed by atoms with Crippen molar-refractivity contribution in [3.63, 3.8) is 0 Å². The molecule has 1 amide bonds. The van der Waals surface area contributed by atoms with Gasteiger partial charge in [0.15, 0.2) is 0 Å². The number of hydrogen-bond donors (Lipinski definition) is 1. The fourth-order valence-corrected chi connectivity index (χ4v) is 1.55. The van der Waals surface area contributed by atoms with Gasteiger partial charge in [-0.3, -0.25) is 9.69 Å². The Morgan fingerprint density at radius 2 is 1.88 bits per heavy atom. The number of carbonyl (C=O) groups excluding carboxylic acids is 1. The summed E-state index contributed by atoms with van der Waals surface area (Å²) in [6.07, 6.45) is 2.70. The highest BCUT2D eigenvalue weighted by molar-refractivity contribution is 5.72. The minimum absolute atomic E-state index is 0.00463. The van der Waals surface area contributed by atoms with E-state index in [1.807, 2.05) is 0 Å². The number of carbonyl (C=O) groups is 1. The van der Waals surface area contributed by atoms with Gasteiger partial charge >= 0.3 is 0 Å². The number of ether oxygens (including phenoxy) is 1. The number of morpholine rings is 1. The molecule has 17 heavy (non-hydrogen) atoms. The summed E-state index contributed by atoms with van der Waals surface area (Å²) in [6.45, 7) is 11.5. The predicted octanol–water partition coefficient (Wildman–Crippen LogP) is 1.51. The number of amides is 1. The smallest absolute Gasteiger partial charge is 0.216 e. The Kier molecular flexibility index (Phi) is 10.2. The van der Waals surface area contributed by atoms with Gasteiger partial charge in [0, 0.05) is 27.1 Å². The molecule has 1 saturated heterocycles. The van der Waals surface area contributed by atoms with Gasteiger partial charge in [0.1, 0.15) is 0 Å². The van der Waals surface area contributed by atoms with Gasteiger partial charge in [-0.15, -0.1) is 0 Å². The maximum atomic E-state index is 9.70. The summed E-state index contributed by atoms with van der Waals surface area (Å²) in [4.78, 5) is 12.2. The molecule has 0 aromatic rings. The van der Waals surface area contributed by atoms with E-state index in [1.54, 1.807) is 7.05 Å². The summed E-state index contributed by atoms with van der Waals surface area (Å²) in [7, 11) is 1.60. The fraction of sp³-hybridized carbons (Fsp3) is 0.923. The highest BCUT2D eigenvalue weighted by Crippen LogP contribution is 2.05. The SMILES string of the molecule is CC(C)CCCN1CCOCC1.CNC(C)=O. The summed E-state index contributed by atoms with van der Waals surface area (Å²) in [6, 6.07) is 0. The molecule has 0 spiro atoms. The van der Waals surface area contributed by atoms with E-state index in [2.05, 4.69) is 24.1 Å². The minimum Gasteiger partial charge on any atom is -0.379 e. The van der Waals surface area contributed by atoms with Crippen molar-refractivity contribution in [2.24, 2.45) is 5.92 Å². The highest BCUT2D eigenvalue weighted by Gasteiger charge is 2.09. The summed E-state index contributed by atoms with van der Waals surface area (Å²) >= 11 is 0. The molecule has 0 aromatic carbocycles. The standard InChI is InChI=1S/C10H21NO.C3H7NO/c1-10(2)4-3-5-11-6-8-12-9-7-11;1-3(5)4-2/h10H,3-9H2,1-2H3;1-2H3,(H,4,5). The van der Waals surface area contributed by atoms with E-state index in [4.69, 9.17) is 4.74 Å². The lowest BCUT2D eigenvalue weighted by Crippen LogP contribution is -2.36. The molecule has 1 fully saturated rings. The van der Waals surface area contributed by atoms with Crippen LogP contribution in [0.3, 0.4) is 0 Å². The number of hydrogen-bond acceptors (Lipinski definition) is 3. The van der Waals surface area contributed by atoms with Gasteiger partial charge in [0.25, 0.3) is 0 Å². The molecule has 1 N–H and O–H groups in total. The van der Waals surface area contributed by atoms with E-state index >= 15 is 0 Å². The van der Waals surface area contributed by atoms with Crippen molar-refractivity contribution in [1.29, 1.82) is 0 Å². The molecular weight excluding hydrogens is 216 g/mol. The quantitative estimate of drug-likeness (QED) is 0.815. The van der Waals surface area contributed by atoms with Crippen molar-refractivity contribution in [3.05, 3.63) is 0 Å². The summed E-state index contributed by atoms with van der Waals surface area (Å²) in [5, 5.41) is 2.39. The zero-order chi connectivity index (χ0) is 13.1. The molecule has 4 heteroatoms. The summed E-state index contributed by atoms with van der Waals surface area (Å²) in [5.74, 6) is 0.857. The zero-order valence-electron chi connectivity index (χ0n) is 11.8. The van der Waals surface area contributed by atoms with E-state index < -0.39 is 0 Å². The zero-order valence-corrected chi connectivity index (χ0v) is 11.8. The second-order valence-electron chi connectivity index (χ2n) is 4.80. The Morgan fingerprint density at radius 3 is 2.29 bits per heavy atom. The first-order valence-corrected chi connectivity index (χ1v) is 6.54. The Hall–Kier alpha value is -0.610. The number of nitrogens with zero attached hydrogens (tertiary/aromatic N) is 1. The third-order valence-corrected chi connectivity index (χ3v) is 2.71. The average molecular weight is 244 g/mol. The third-order valence-electron chi connectivity index (χ3n) is 2.71. The number of nitrogens with one attached hydrogen (secondary N) is 1. The first kappa shape index (κ1) is 16.4. The van der Waals surface area contributed by atoms with Gasteiger partial charge in [-0.05, 0) is 25.3 Å². The Bertz CT molecular complexity index is 190. The molecule has 0 bridgehead atoms. The molecule has 0 radical (unpaired) electrons. The topological polar surface area (TPSA) is 41.6 Å². The first-order chi connectivity index (χ1) is 8.06. The van der Waals surface area contributed by atoms with E-state index in [0.29, 0.717) is 0 Å². The Morgan fingerprint density at radius 1 is 1.35 bits per heavy atom. The van der Waals surface area contributed by atoms with Crippen molar-refractivity contribution < 1.29 is 9.53 Å². The van der Waals surface area contributed by atoms with Crippen LogP contribution in [0.25, 0.3) is 0 Å². The maximum absolute atomic E-state index is 9.70. The Balaban J connectivity index is 0.000000437. The average Bonchev–Trinajstić information content (AvgIpc) is 2.30. The summed E-state index contributed by atoms with van der Waals surface area (Å²) < 4.78 is 5.29. The monoisotopic (exact) mass is 244 g/mol. The fourth-order valence-electron chi connectivity index (χ4n) is 1.55. The molecule has 0 atom stereocenters. The van der Waals surface area contributed by atoms with Crippen LogP contribution in [0.15, 0.2) is 0 Å². The largest absolute Gasteiger partial charge is 0.379 e. The van der Waals surface area contributed by atoms with Crippen molar-refractivity contribution in [1.82, 2.24) is 10.2 Å². The highest BCUT2D eigenvalue weighted by atomic mass is 16.5. The first-order valence-electron chi connectivity index (χ1n) is 6.54. The van der Waals surface area contributed by atoms with Gasteiger partial charge in [-0.1, -0.05) is 13.8 Å². The lowest BCUT2D eigenvalue weighted by atomic mass is 10.1. The van der Waals surface area contributed by atoms with Crippen molar-refractivity contribution in [2.45, 2.75) is 33.6 Å². The van der Waals surface area contributed by atoms with Crippen LogP contribution in [0.5, 0.6) is 0 Å². The van der Waals surface area contributed by atoms with E-state index in [0.717, 1.165) is 32.2 Å². The molecule has 102 valence electrons. The Labute approximate surface area is 106 Å². The molecule has 0 aliphatic carbocycles. The maximum Gasteiger partial charge on any atom is 0.216 e. The van der Waals surface area contributed by atoms with Crippen LogP contribution in [-0.4, -0.2) is 50.7 Å².